The van der Waals surface area contributed by atoms with Crippen molar-refractivity contribution in [3.05, 3.63) is 0 Å². The second-order valence-corrected chi connectivity index (χ2v) is 9.99. The normalized spacial score (nSPS) is 52.2. The van der Waals surface area contributed by atoms with E-state index in [0.717, 1.165) is 25.7 Å². The van der Waals surface area contributed by atoms with Crippen molar-refractivity contribution in [1.29, 1.82) is 0 Å². The van der Waals surface area contributed by atoms with Gasteiger partial charge in [-0.25, -0.2) is 0 Å². The number of aliphatic hydroxyl groups excluding tert-OH is 2. The van der Waals surface area contributed by atoms with E-state index in [0.29, 0.717) is 31.0 Å². The average Bonchev–Trinajstić information content (AvgIpc) is 2.86. The Morgan fingerprint density at radius 3 is 2.58 bits per heavy atom. The number of fused-ring (bicyclic) bond motifs is 5. The minimum absolute atomic E-state index is 0.0268. The Morgan fingerprint density at radius 2 is 1.88 bits per heavy atom. The molecule has 0 radical (unpaired) electrons. The number of rotatable bonds is 2. The van der Waals surface area contributed by atoms with Crippen LogP contribution in [0.2, 0.25) is 0 Å². The highest BCUT2D eigenvalue weighted by molar-refractivity contribution is 5.86. The van der Waals surface area contributed by atoms with Gasteiger partial charge in [0.1, 0.15) is 17.7 Å². The predicted molar refractivity (Wildman–Crippen MR) is 95.2 cm³/mol. The summed E-state index contributed by atoms with van der Waals surface area (Å²) in [6, 6.07) is 0. The Balaban J connectivity index is 1.70. The van der Waals surface area contributed by atoms with Crippen LogP contribution in [0.4, 0.5) is 0 Å². The van der Waals surface area contributed by atoms with Crippen LogP contribution in [-0.4, -0.2) is 45.2 Å². The van der Waals surface area contributed by atoms with Crippen LogP contribution in [0.15, 0.2) is 0 Å². The second kappa shape index (κ2) is 5.86. The van der Waals surface area contributed by atoms with Gasteiger partial charge in [-0.15, -0.1) is 0 Å². The first-order chi connectivity index (χ1) is 12.2. The molecule has 0 spiro atoms. The maximum Gasteiger partial charge on any atom is 0.137 e. The van der Waals surface area contributed by atoms with Crippen molar-refractivity contribution in [2.45, 2.75) is 76.9 Å². The number of carbonyl (C=O) groups excluding carboxylic acids is 2. The molecule has 4 aliphatic carbocycles. The first kappa shape index (κ1) is 18.6. The van der Waals surface area contributed by atoms with E-state index in [4.69, 9.17) is 0 Å². The van der Waals surface area contributed by atoms with Crippen LogP contribution in [0.5, 0.6) is 0 Å². The quantitative estimate of drug-likeness (QED) is 0.695. The van der Waals surface area contributed by atoms with Crippen LogP contribution in [0, 0.1) is 34.5 Å². The van der Waals surface area contributed by atoms with Gasteiger partial charge in [0.15, 0.2) is 0 Å². The van der Waals surface area contributed by atoms with Gasteiger partial charge in [0.2, 0.25) is 0 Å². The Morgan fingerprint density at radius 1 is 1.15 bits per heavy atom. The van der Waals surface area contributed by atoms with Gasteiger partial charge in [-0.3, -0.25) is 9.59 Å². The van der Waals surface area contributed by atoms with Gasteiger partial charge in [-0.2, -0.15) is 0 Å². The number of carbonyl (C=O) groups is 2. The molecule has 4 saturated carbocycles. The van der Waals surface area contributed by atoms with E-state index >= 15 is 0 Å². The molecular weight excluding hydrogens is 332 g/mol. The lowest BCUT2D eigenvalue weighted by Gasteiger charge is -2.60. The van der Waals surface area contributed by atoms with Crippen LogP contribution in [0.25, 0.3) is 0 Å². The fourth-order valence-electron chi connectivity index (χ4n) is 7.60. The molecule has 4 aliphatic rings. The number of aliphatic hydroxyl groups is 3. The third-order valence-electron chi connectivity index (χ3n) is 9.11. The van der Waals surface area contributed by atoms with E-state index in [-0.39, 0.29) is 35.4 Å². The summed E-state index contributed by atoms with van der Waals surface area (Å²) in [5.41, 5.74) is -2.18. The van der Waals surface area contributed by atoms with Crippen LogP contribution in [0.3, 0.4) is 0 Å². The molecule has 0 aliphatic heterocycles. The van der Waals surface area contributed by atoms with Gasteiger partial charge in [0.25, 0.3) is 0 Å². The monoisotopic (exact) mass is 364 g/mol. The molecule has 146 valence electrons. The molecule has 0 aromatic rings. The van der Waals surface area contributed by atoms with Crippen LogP contribution < -0.4 is 0 Å². The predicted octanol–water partition coefficient (Wildman–Crippen LogP) is 1.86. The molecule has 26 heavy (non-hydrogen) atoms. The molecule has 3 N–H and O–H groups in total. The lowest BCUT2D eigenvalue weighted by Crippen LogP contribution is -2.63. The van der Waals surface area contributed by atoms with Gasteiger partial charge in [0.05, 0.1) is 12.2 Å². The van der Waals surface area contributed by atoms with Crippen molar-refractivity contribution in [2.24, 2.45) is 34.5 Å². The molecule has 0 bridgehead atoms. The minimum Gasteiger partial charge on any atom is -0.394 e. The van der Waals surface area contributed by atoms with E-state index in [2.05, 4.69) is 6.92 Å². The Bertz CT molecular complexity index is 632. The van der Waals surface area contributed by atoms with E-state index in [1.165, 1.54) is 0 Å². The summed E-state index contributed by atoms with van der Waals surface area (Å²) >= 11 is 0. The smallest absolute Gasteiger partial charge is 0.137 e. The van der Waals surface area contributed by atoms with Crippen molar-refractivity contribution in [1.82, 2.24) is 0 Å². The maximum atomic E-state index is 13.4. The fourth-order valence-corrected chi connectivity index (χ4v) is 7.60. The summed E-state index contributed by atoms with van der Waals surface area (Å²) in [6.07, 6.45) is 4.18. The summed E-state index contributed by atoms with van der Waals surface area (Å²) < 4.78 is 0. The summed E-state index contributed by atoms with van der Waals surface area (Å²) in [4.78, 5) is 25.3. The molecule has 0 unspecified atom stereocenters. The Kier molecular flexibility index (Phi) is 4.18. The van der Waals surface area contributed by atoms with Gasteiger partial charge in [0, 0.05) is 30.6 Å². The van der Waals surface area contributed by atoms with Crippen molar-refractivity contribution in [2.75, 3.05) is 6.61 Å². The largest absolute Gasteiger partial charge is 0.394 e. The third kappa shape index (κ3) is 2.20. The standard InChI is InChI=1S/C21H32O5/c1-19-7-5-13(23)9-12(19)3-4-14-15-6-8-21(26,17(25)11-22)20(15,2)10-16(24)18(14)19/h12,14-15,17-18,22,25-26H,3-11H2,1-2H3/t12-,14+,15+,17+,18-,19+,20+,21+/m1/s1. The average molecular weight is 364 g/mol. The number of hydrogen-bond donors (Lipinski definition) is 3. The Hall–Kier alpha value is -0.780. The first-order valence-corrected chi connectivity index (χ1v) is 10.2. The lowest BCUT2D eigenvalue weighted by atomic mass is 9.44. The zero-order valence-electron chi connectivity index (χ0n) is 15.9. The minimum atomic E-state index is -1.40. The summed E-state index contributed by atoms with van der Waals surface area (Å²) in [5.74, 6) is 1.21. The number of ketones is 2. The van der Waals surface area contributed by atoms with Crippen molar-refractivity contribution < 1.29 is 24.9 Å². The zero-order valence-corrected chi connectivity index (χ0v) is 15.9. The summed E-state index contributed by atoms with van der Waals surface area (Å²) in [7, 11) is 0. The van der Waals surface area contributed by atoms with Crippen molar-refractivity contribution in [3.63, 3.8) is 0 Å². The maximum absolute atomic E-state index is 13.4. The van der Waals surface area contributed by atoms with E-state index in [1.54, 1.807) is 0 Å². The Labute approximate surface area is 155 Å². The van der Waals surface area contributed by atoms with Crippen molar-refractivity contribution in [3.8, 4) is 0 Å². The molecule has 5 heteroatoms. The van der Waals surface area contributed by atoms with Gasteiger partial charge >= 0.3 is 0 Å². The molecular formula is C21H32O5. The zero-order chi connectivity index (χ0) is 18.9. The molecule has 0 aromatic heterocycles. The first-order valence-electron chi connectivity index (χ1n) is 10.2. The highest BCUT2D eigenvalue weighted by Gasteiger charge is 2.68. The van der Waals surface area contributed by atoms with Crippen molar-refractivity contribution >= 4 is 11.6 Å². The molecule has 0 saturated heterocycles. The third-order valence-corrected chi connectivity index (χ3v) is 9.11. The van der Waals surface area contributed by atoms with Crippen LogP contribution in [0.1, 0.15) is 65.2 Å². The summed E-state index contributed by atoms with van der Waals surface area (Å²) in [6.45, 7) is 3.67. The molecule has 5 nitrogen and oxygen atoms in total. The van der Waals surface area contributed by atoms with Gasteiger partial charge in [-0.1, -0.05) is 13.8 Å². The molecule has 4 fully saturated rings. The lowest BCUT2D eigenvalue weighted by molar-refractivity contribution is -0.195. The highest BCUT2D eigenvalue weighted by atomic mass is 16.4. The highest BCUT2D eigenvalue weighted by Crippen LogP contribution is 2.67. The number of hydrogen-bond acceptors (Lipinski definition) is 5. The SMILES string of the molecule is C[C@]12CCC(=O)C[C@H]1CC[C@@H]1[C@@H]2C(=O)C[C@@]2(C)[C@H]1CC[C@]2(O)[C@@H](O)CO. The topological polar surface area (TPSA) is 94.8 Å². The molecule has 4 rings (SSSR count). The van der Waals surface area contributed by atoms with E-state index in [9.17, 15) is 24.9 Å². The molecule has 0 amide bonds. The fraction of sp³-hybridized carbons (Fsp3) is 0.905. The van der Waals surface area contributed by atoms with E-state index < -0.39 is 23.7 Å². The van der Waals surface area contributed by atoms with Gasteiger partial charge in [-0.05, 0) is 55.3 Å². The molecule has 8 atom stereocenters. The van der Waals surface area contributed by atoms with Crippen LogP contribution in [-0.2, 0) is 9.59 Å². The van der Waals surface area contributed by atoms with Crippen LogP contribution >= 0.6 is 0 Å². The molecule has 0 aromatic carbocycles. The van der Waals surface area contributed by atoms with Gasteiger partial charge < -0.3 is 15.3 Å². The molecule has 0 heterocycles. The van der Waals surface area contributed by atoms with E-state index in [1.807, 2.05) is 6.92 Å². The summed E-state index contributed by atoms with van der Waals surface area (Å²) in [5, 5.41) is 31.0. The number of Topliss-reactive ketones (excluding diaryl/α,β-unsaturated/α-hetero) is 2. The second-order valence-electron chi connectivity index (χ2n) is 9.99.